The van der Waals surface area contributed by atoms with Crippen molar-refractivity contribution in [1.29, 1.82) is 0 Å². The maximum atomic E-state index is 2.42. The van der Waals surface area contributed by atoms with Gasteiger partial charge >= 0.3 is 0 Å². The lowest BCUT2D eigenvalue weighted by Crippen LogP contribution is -2.11. The Labute approximate surface area is 71.3 Å². The Morgan fingerprint density at radius 2 is 2.11 bits per heavy atom. The van der Waals surface area contributed by atoms with Gasteiger partial charge < -0.3 is 0 Å². The van der Waals surface area contributed by atoms with Gasteiger partial charge in [0.15, 0.2) is 0 Å². The molecule has 0 saturated carbocycles. The summed E-state index contributed by atoms with van der Waals surface area (Å²) in [5, 5.41) is 0. The molecule has 0 N–H and O–H groups in total. The number of hydrogen-bond donors (Lipinski definition) is 0. The fourth-order valence-corrected chi connectivity index (χ4v) is 1.85. The summed E-state index contributed by atoms with van der Waals surface area (Å²) in [5.74, 6) is 0.963. The van der Waals surface area contributed by atoms with Crippen LogP contribution in [0.2, 0.25) is 0 Å². The van der Waals surface area contributed by atoms with Crippen LogP contribution in [0.15, 0.2) is 0 Å². The first-order chi connectivity index (χ1) is 4.29. The van der Waals surface area contributed by atoms with E-state index in [1.54, 1.807) is 0 Å². The minimum Gasteiger partial charge on any atom is -0.248 e. The summed E-state index contributed by atoms with van der Waals surface area (Å²) in [4.78, 5) is 0. The van der Waals surface area contributed by atoms with Crippen LogP contribution in [-0.4, -0.2) is 16.2 Å². The minimum absolute atomic E-state index is 0.963. The highest BCUT2D eigenvalue weighted by atomic mass is 127. The summed E-state index contributed by atoms with van der Waals surface area (Å²) in [5.41, 5.74) is 0. The van der Waals surface area contributed by atoms with Crippen LogP contribution in [0.4, 0.5) is 0 Å². The fourth-order valence-electron chi connectivity index (χ4n) is 1.23. The van der Waals surface area contributed by atoms with Gasteiger partial charge in [0.25, 0.3) is 0 Å². The normalized spacial score (nSPS) is 32.0. The lowest BCUT2D eigenvalue weighted by Gasteiger charge is -2.08. The molecular weight excluding hydrogens is 225 g/mol. The Bertz CT molecular complexity index is 75.0. The third-order valence-corrected chi connectivity index (χ3v) is 2.93. The van der Waals surface area contributed by atoms with E-state index in [9.17, 15) is 0 Å². The van der Waals surface area contributed by atoms with Crippen molar-refractivity contribution in [2.45, 2.75) is 26.2 Å². The summed E-state index contributed by atoms with van der Waals surface area (Å²) in [6.07, 6.45) is 4.21. The van der Waals surface area contributed by atoms with Gasteiger partial charge in [0, 0.05) is 36.0 Å². The van der Waals surface area contributed by atoms with Crippen molar-refractivity contribution >= 4 is 22.9 Å². The van der Waals surface area contributed by atoms with E-state index in [4.69, 9.17) is 0 Å². The average Bonchev–Trinajstić information content (AvgIpc) is 1.97. The zero-order chi connectivity index (χ0) is 6.69. The fraction of sp³-hybridized carbons (Fsp3) is 1.00. The summed E-state index contributed by atoms with van der Waals surface area (Å²) in [6, 6.07) is 0. The summed E-state index contributed by atoms with van der Waals surface area (Å²) in [6.45, 7) is 4.95. The maximum absolute atomic E-state index is 2.42. The molecule has 0 bridgehead atoms. The van der Waals surface area contributed by atoms with Crippen molar-refractivity contribution in [3.8, 4) is 0 Å². The molecule has 0 radical (unpaired) electrons. The molecule has 0 aromatic rings. The molecule has 1 unspecified atom stereocenters. The second-order valence-corrected chi connectivity index (χ2v) is 4.31. The van der Waals surface area contributed by atoms with E-state index < -0.39 is 0 Å². The van der Waals surface area contributed by atoms with Gasteiger partial charge in [-0.1, -0.05) is 6.92 Å². The van der Waals surface area contributed by atoms with Crippen LogP contribution in [0, 0.1) is 5.92 Å². The third-order valence-electron chi connectivity index (χ3n) is 1.96. The monoisotopic (exact) mass is 239 g/mol. The SMILES string of the molecule is CC1CCCN(I)CC1. The van der Waals surface area contributed by atoms with E-state index in [-0.39, 0.29) is 0 Å². The Morgan fingerprint density at radius 1 is 1.33 bits per heavy atom. The second kappa shape index (κ2) is 3.76. The van der Waals surface area contributed by atoms with Crippen LogP contribution >= 0.6 is 22.9 Å². The number of nitrogens with zero attached hydrogens (tertiary/aromatic N) is 1. The van der Waals surface area contributed by atoms with Crippen LogP contribution in [0.3, 0.4) is 0 Å². The largest absolute Gasteiger partial charge is 0.248 e. The van der Waals surface area contributed by atoms with Crippen molar-refractivity contribution in [3.05, 3.63) is 0 Å². The van der Waals surface area contributed by atoms with Gasteiger partial charge in [0.2, 0.25) is 0 Å². The Kier molecular flexibility index (Phi) is 3.26. The molecule has 0 aromatic heterocycles. The van der Waals surface area contributed by atoms with Crippen molar-refractivity contribution in [1.82, 2.24) is 3.11 Å². The molecule has 1 nitrogen and oxygen atoms in total. The predicted octanol–water partition coefficient (Wildman–Crippen LogP) is 2.46. The van der Waals surface area contributed by atoms with Crippen LogP contribution in [0.5, 0.6) is 0 Å². The molecule has 0 aliphatic carbocycles. The molecule has 1 atom stereocenters. The summed E-state index contributed by atoms with van der Waals surface area (Å²) in [7, 11) is 0. The maximum Gasteiger partial charge on any atom is 0.0201 e. The highest BCUT2D eigenvalue weighted by Crippen LogP contribution is 2.18. The predicted molar refractivity (Wildman–Crippen MR) is 48.6 cm³/mol. The molecule has 1 rings (SSSR count). The van der Waals surface area contributed by atoms with Crippen molar-refractivity contribution < 1.29 is 0 Å². The van der Waals surface area contributed by atoms with E-state index in [1.807, 2.05) is 0 Å². The molecular formula is C7H14IN. The molecule has 1 saturated heterocycles. The van der Waals surface area contributed by atoms with Crippen molar-refractivity contribution in [2.24, 2.45) is 5.92 Å². The van der Waals surface area contributed by atoms with E-state index in [0.717, 1.165) is 5.92 Å². The van der Waals surface area contributed by atoms with Gasteiger partial charge in [-0.05, 0) is 25.2 Å². The smallest absolute Gasteiger partial charge is 0.0201 e. The Hall–Kier alpha value is 0.690. The zero-order valence-electron chi connectivity index (χ0n) is 5.94. The molecule has 9 heavy (non-hydrogen) atoms. The average molecular weight is 239 g/mol. The van der Waals surface area contributed by atoms with Crippen molar-refractivity contribution in [3.63, 3.8) is 0 Å². The van der Waals surface area contributed by atoms with Crippen LogP contribution < -0.4 is 0 Å². The molecule has 1 fully saturated rings. The van der Waals surface area contributed by atoms with E-state index in [2.05, 4.69) is 32.9 Å². The standard InChI is InChI=1S/C7H14IN/c1-7-3-2-5-9(8)6-4-7/h7H,2-6H2,1H3. The van der Waals surface area contributed by atoms with Crippen LogP contribution in [0.25, 0.3) is 0 Å². The van der Waals surface area contributed by atoms with Gasteiger partial charge in [-0.15, -0.1) is 0 Å². The first-order valence-corrected chi connectivity index (χ1v) is 4.66. The number of halogens is 1. The Morgan fingerprint density at radius 3 is 2.89 bits per heavy atom. The highest BCUT2D eigenvalue weighted by molar-refractivity contribution is 14.1. The highest BCUT2D eigenvalue weighted by Gasteiger charge is 2.10. The lowest BCUT2D eigenvalue weighted by atomic mass is 10.0. The van der Waals surface area contributed by atoms with Crippen LogP contribution in [0.1, 0.15) is 26.2 Å². The van der Waals surface area contributed by atoms with Crippen molar-refractivity contribution in [2.75, 3.05) is 13.1 Å². The molecule has 1 aliphatic heterocycles. The first-order valence-electron chi connectivity index (χ1n) is 3.70. The quantitative estimate of drug-likeness (QED) is 0.463. The second-order valence-electron chi connectivity index (χ2n) is 2.95. The van der Waals surface area contributed by atoms with Gasteiger partial charge in [-0.25, -0.2) is 3.11 Å². The van der Waals surface area contributed by atoms with E-state index in [0.29, 0.717) is 0 Å². The number of rotatable bonds is 0. The van der Waals surface area contributed by atoms with E-state index >= 15 is 0 Å². The minimum atomic E-state index is 0.963. The zero-order valence-corrected chi connectivity index (χ0v) is 8.10. The van der Waals surface area contributed by atoms with Gasteiger partial charge in [-0.2, -0.15) is 0 Å². The Balaban J connectivity index is 2.25. The molecule has 54 valence electrons. The van der Waals surface area contributed by atoms with E-state index in [1.165, 1.54) is 32.4 Å². The molecule has 2 heteroatoms. The van der Waals surface area contributed by atoms with Gasteiger partial charge in [0.05, 0.1) is 0 Å². The topological polar surface area (TPSA) is 3.24 Å². The van der Waals surface area contributed by atoms with Gasteiger partial charge in [0.1, 0.15) is 0 Å². The third kappa shape index (κ3) is 2.85. The first kappa shape index (κ1) is 7.79. The number of hydrogen-bond acceptors (Lipinski definition) is 1. The summed E-state index contributed by atoms with van der Waals surface area (Å²) < 4.78 is 2.40. The summed E-state index contributed by atoms with van der Waals surface area (Å²) >= 11 is 2.42. The molecule has 0 spiro atoms. The molecule has 0 amide bonds. The van der Waals surface area contributed by atoms with Gasteiger partial charge in [-0.3, -0.25) is 0 Å². The molecule has 1 aliphatic rings. The molecule has 1 heterocycles. The lowest BCUT2D eigenvalue weighted by molar-refractivity contribution is 0.494. The van der Waals surface area contributed by atoms with Crippen LogP contribution in [-0.2, 0) is 0 Å². The molecule has 0 aromatic carbocycles.